The number of carbonyl (C=O) groups is 1. The van der Waals surface area contributed by atoms with Gasteiger partial charge in [-0.05, 0) is 30.7 Å². The molecule has 1 aromatic rings. The van der Waals surface area contributed by atoms with Gasteiger partial charge in [-0.25, -0.2) is 0 Å². The van der Waals surface area contributed by atoms with Crippen LogP contribution in [0.15, 0.2) is 12.1 Å². The normalized spacial score (nSPS) is 26.6. The lowest BCUT2D eigenvalue weighted by molar-refractivity contribution is -0.109. The van der Waals surface area contributed by atoms with Crippen LogP contribution >= 0.6 is 34.7 Å². The van der Waals surface area contributed by atoms with Gasteiger partial charge in [0, 0.05) is 11.3 Å². The molecule has 0 bridgehead atoms. The van der Waals surface area contributed by atoms with Gasteiger partial charge >= 0.3 is 0 Å². The van der Waals surface area contributed by atoms with E-state index in [0.717, 1.165) is 35.6 Å². The summed E-state index contributed by atoms with van der Waals surface area (Å²) in [5.41, 5.74) is 0. The minimum absolute atomic E-state index is 0.159. The van der Waals surface area contributed by atoms with Crippen LogP contribution in [-0.2, 0) is 11.2 Å². The van der Waals surface area contributed by atoms with Gasteiger partial charge in [0.2, 0.25) is 0 Å². The average Bonchev–Trinajstić information content (AvgIpc) is 2.77. The highest BCUT2D eigenvalue weighted by molar-refractivity contribution is 8.01. The third-order valence-electron chi connectivity index (χ3n) is 2.45. The lowest BCUT2D eigenvalue weighted by Crippen LogP contribution is -2.25. The summed E-state index contributed by atoms with van der Waals surface area (Å²) in [5.74, 6) is 1.11. The lowest BCUT2D eigenvalue weighted by atomic mass is 10.0. The summed E-state index contributed by atoms with van der Waals surface area (Å²) in [5, 5.41) is 0. The maximum absolute atomic E-state index is 11.1. The highest BCUT2D eigenvalue weighted by Crippen LogP contribution is 2.40. The quantitative estimate of drug-likeness (QED) is 0.761. The molecule has 14 heavy (non-hydrogen) atoms. The van der Waals surface area contributed by atoms with Gasteiger partial charge in [-0.3, -0.25) is 0 Å². The molecule has 1 aliphatic rings. The van der Waals surface area contributed by atoms with Gasteiger partial charge in [0.15, 0.2) is 0 Å². The molecule has 1 nitrogen and oxygen atoms in total. The largest absolute Gasteiger partial charge is 0.302 e. The van der Waals surface area contributed by atoms with Crippen LogP contribution in [0.5, 0.6) is 0 Å². The third-order valence-corrected chi connectivity index (χ3v) is 5.19. The molecule has 1 aliphatic heterocycles. The Morgan fingerprint density at radius 3 is 2.93 bits per heavy atom. The molecule has 0 saturated carbocycles. The highest BCUT2D eigenvalue weighted by Gasteiger charge is 2.34. The van der Waals surface area contributed by atoms with Crippen molar-refractivity contribution in [3.63, 3.8) is 0 Å². The molecule has 4 heteroatoms. The van der Waals surface area contributed by atoms with Crippen molar-refractivity contribution < 1.29 is 4.79 Å². The Morgan fingerprint density at radius 1 is 1.57 bits per heavy atom. The number of halogens is 1. The number of rotatable bonds is 3. The highest BCUT2D eigenvalue weighted by atomic mass is 35.5. The zero-order valence-electron chi connectivity index (χ0n) is 7.66. The zero-order valence-corrected chi connectivity index (χ0v) is 10.1. The van der Waals surface area contributed by atoms with Gasteiger partial charge in [-0.15, -0.1) is 23.1 Å². The molecule has 1 saturated heterocycles. The Morgan fingerprint density at radius 2 is 2.43 bits per heavy atom. The fraction of sp³-hybridized carbons (Fsp3) is 0.500. The minimum atomic E-state index is -0.159. The fourth-order valence-corrected chi connectivity index (χ4v) is 4.35. The fourth-order valence-electron chi connectivity index (χ4n) is 1.73. The van der Waals surface area contributed by atoms with Crippen molar-refractivity contribution in [1.29, 1.82) is 0 Å². The lowest BCUT2D eigenvalue weighted by Gasteiger charge is -2.19. The predicted molar refractivity (Wildman–Crippen MR) is 63.5 cm³/mol. The molecular formula is C10H11ClOS2. The van der Waals surface area contributed by atoms with Gasteiger partial charge in [-0.2, -0.15) is 0 Å². The van der Waals surface area contributed by atoms with Crippen molar-refractivity contribution in [2.75, 3.05) is 5.75 Å². The van der Waals surface area contributed by atoms with E-state index >= 15 is 0 Å². The van der Waals surface area contributed by atoms with Crippen molar-refractivity contribution in [2.24, 2.45) is 0 Å². The van der Waals surface area contributed by atoms with Crippen LogP contribution in [-0.4, -0.2) is 16.8 Å². The van der Waals surface area contributed by atoms with Crippen molar-refractivity contribution in [3.05, 3.63) is 21.3 Å². The van der Waals surface area contributed by atoms with Crippen LogP contribution < -0.4 is 0 Å². The van der Waals surface area contributed by atoms with Gasteiger partial charge in [0.25, 0.3) is 0 Å². The maximum Gasteiger partial charge on any atom is 0.136 e. The van der Waals surface area contributed by atoms with Crippen LogP contribution in [0.2, 0.25) is 4.34 Å². The first kappa shape index (κ1) is 10.5. The Bertz CT molecular complexity index is 329. The Labute approximate surface area is 96.8 Å². The second kappa shape index (κ2) is 4.25. The molecule has 2 heterocycles. The van der Waals surface area contributed by atoms with E-state index in [4.69, 9.17) is 11.6 Å². The van der Waals surface area contributed by atoms with E-state index in [0.29, 0.717) is 0 Å². The number of thioether (sulfide) groups is 1. The van der Waals surface area contributed by atoms with Crippen LogP contribution in [0.4, 0.5) is 0 Å². The maximum atomic E-state index is 11.1. The molecule has 1 unspecified atom stereocenters. The smallest absolute Gasteiger partial charge is 0.136 e. The number of thiophene rings is 1. The van der Waals surface area contributed by atoms with Crippen molar-refractivity contribution >= 4 is 41.0 Å². The number of carbonyl (C=O) groups excluding carboxylic acids is 1. The van der Waals surface area contributed by atoms with Gasteiger partial charge in [0.1, 0.15) is 6.29 Å². The first-order valence-electron chi connectivity index (χ1n) is 4.59. The monoisotopic (exact) mass is 246 g/mol. The molecule has 0 spiro atoms. The summed E-state index contributed by atoms with van der Waals surface area (Å²) >= 11 is 9.23. The topological polar surface area (TPSA) is 17.1 Å². The van der Waals surface area contributed by atoms with Crippen molar-refractivity contribution in [2.45, 2.75) is 24.0 Å². The molecule has 76 valence electrons. The van der Waals surface area contributed by atoms with Crippen LogP contribution in [0.25, 0.3) is 0 Å². The Kier molecular flexibility index (Phi) is 3.20. The molecule has 1 fully saturated rings. The molecule has 0 aliphatic carbocycles. The third kappa shape index (κ3) is 2.15. The zero-order chi connectivity index (χ0) is 10.0. The summed E-state index contributed by atoms with van der Waals surface area (Å²) in [6, 6.07) is 3.93. The second-order valence-electron chi connectivity index (χ2n) is 3.52. The van der Waals surface area contributed by atoms with Crippen molar-refractivity contribution in [1.82, 2.24) is 0 Å². The summed E-state index contributed by atoms with van der Waals surface area (Å²) in [6.07, 6.45) is 4.13. The predicted octanol–water partition coefficient (Wildman–Crippen LogP) is 3.41. The number of aldehydes is 1. The van der Waals surface area contributed by atoms with E-state index in [9.17, 15) is 4.79 Å². The molecular weight excluding hydrogens is 236 g/mol. The van der Waals surface area contributed by atoms with E-state index < -0.39 is 0 Å². The van der Waals surface area contributed by atoms with E-state index in [1.165, 1.54) is 4.88 Å². The number of hydrogen-bond acceptors (Lipinski definition) is 3. The first-order valence-corrected chi connectivity index (χ1v) is 6.77. The van der Waals surface area contributed by atoms with E-state index in [2.05, 4.69) is 0 Å². The van der Waals surface area contributed by atoms with E-state index in [1.54, 1.807) is 23.1 Å². The van der Waals surface area contributed by atoms with E-state index in [1.807, 2.05) is 12.1 Å². The SMILES string of the molecule is O=CC1(Cc2ccc(Cl)s2)CCCS1. The van der Waals surface area contributed by atoms with E-state index in [-0.39, 0.29) is 4.75 Å². The van der Waals surface area contributed by atoms with Gasteiger partial charge < -0.3 is 4.79 Å². The van der Waals surface area contributed by atoms with Crippen LogP contribution in [0.1, 0.15) is 17.7 Å². The average molecular weight is 247 g/mol. The molecule has 1 aromatic heterocycles. The molecule has 0 amide bonds. The summed E-state index contributed by atoms with van der Waals surface area (Å²) in [7, 11) is 0. The summed E-state index contributed by atoms with van der Waals surface area (Å²) in [6.45, 7) is 0. The number of hydrogen-bond donors (Lipinski definition) is 0. The molecule has 1 atom stereocenters. The molecule has 0 radical (unpaired) electrons. The Balaban J connectivity index is 2.11. The summed E-state index contributed by atoms with van der Waals surface area (Å²) < 4.78 is 0.651. The first-order chi connectivity index (χ1) is 6.74. The minimum Gasteiger partial charge on any atom is -0.302 e. The molecule has 0 N–H and O–H groups in total. The van der Waals surface area contributed by atoms with Crippen LogP contribution in [0, 0.1) is 0 Å². The molecule has 0 aromatic carbocycles. The van der Waals surface area contributed by atoms with Crippen molar-refractivity contribution in [3.8, 4) is 0 Å². The molecule has 2 rings (SSSR count). The summed E-state index contributed by atoms with van der Waals surface area (Å²) in [4.78, 5) is 12.3. The second-order valence-corrected chi connectivity index (χ2v) is 6.83. The van der Waals surface area contributed by atoms with Gasteiger partial charge in [-0.1, -0.05) is 11.6 Å². The standard InChI is InChI=1S/C10H11ClOS2/c11-9-3-2-8(14-9)6-10(7-12)4-1-5-13-10/h2-3,7H,1,4-6H2. The van der Waals surface area contributed by atoms with Crippen LogP contribution in [0.3, 0.4) is 0 Å². The van der Waals surface area contributed by atoms with Gasteiger partial charge in [0.05, 0.1) is 9.08 Å². The Hall–Kier alpha value is 0.01000.